The molecular formula is C60H111NO8P+. The van der Waals surface area contributed by atoms with Crippen LogP contribution in [0.15, 0.2) is 60.8 Å². The Morgan fingerprint density at radius 1 is 0.457 bits per heavy atom. The number of hydrogen-bond acceptors (Lipinski definition) is 7. The van der Waals surface area contributed by atoms with Gasteiger partial charge in [0.05, 0.1) is 27.7 Å². The third kappa shape index (κ3) is 55.0. The number of nitrogens with zero attached hydrogens (tertiary/aromatic N) is 1. The van der Waals surface area contributed by atoms with Gasteiger partial charge < -0.3 is 18.9 Å². The lowest BCUT2D eigenvalue weighted by molar-refractivity contribution is -0.870. The molecule has 0 bridgehead atoms. The molecule has 2 atom stereocenters. The van der Waals surface area contributed by atoms with Gasteiger partial charge in [0.1, 0.15) is 19.8 Å². The first-order chi connectivity index (χ1) is 34.0. The average molecular weight is 1010 g/mol. The Morgan fingerprint density at radius 2 is 0.814 bits per heavy atom. The van der Waals surface area contributed by atoms with Gasteiger partial charge in [-0.05, 0) is 77.0 Å². The number of ether oxygens (including phenoxy) is 2. The van der Waals surface area contributed by atoms with Gasteiger partial charge >= 0.3 is 19.8 Å². The minimum Gasteiger partial charge on any atom is -0.462 e. The fraction of sp³-hybridized carbons (Fsp3) is 0.800. The van der Waals surface area contributed by atoms with Gasteiger partial charge in [0.25, 0.3) is 0 Å². The minimum absolute atomic E-state index is 0.0308. The van der Waals surface area contributed by atoms with Crippen molar-refractivity contribution in [1.29, 1.82) is 0 Å². The van der Waals surface area contributed by atoms with Gasteiger partial charge in [-0.15, -0.1) is 0 Å². The minimum atomic E-state index is -4.38. The van der Waals surface area contributed by atoms with Crippen molar-refractivity contribution in [3.63, 3.8) is 0 Å². The smallest absolute Gasteiger partial charge is 0.462 e. The Bertz CT molecular complexity index is 1370. The second-order valence-electron chi connectivity index (χ2n) is 20.6. The molecular weight excluding hydrogens is 894 g/mol. The fourth-order valence-corrected chi connectivity index (χ4v) is 8.80. The number of phosphoric acid groups is 1. The number of phosphoric ester groups is 1. The maximum atomic E-state index is 12.8. The maximum absolute atomic E-state index is 12.8. The molecule has 408 valence electrons. The molecule has 9 nitrogen and oxygen atoms in total. The van der Waals surface area contributed by atoms with E-state index in [2.05, 4.69) is 74.6 Å². The first kappa shape index (κ1) is 67.7. The van der Waals surface area contributed by atoms with Crippen molar-refractivity contribution in [2.45, 2.75) is 264 Å². The summed E-state index contributed by atoms with van der Waals surface area (Å²) in [5.41, 5.74) is 0. The number of hydrogen-bond donors (Lipinski definition) is 1. The number of carbonyl (C=O) groups excluding carboxylic acids is 2. The normalized spacial score (nSPS) is 13.7. The molecule has 0 radical (unpaired) electrons. The Morgan fingerprint density at radius 3 is 1.23 bits per heavy atom. The molecule has 0 rings (SSSR count). The van der Waals surface area contributed by atoms with Crippen molar-refractivity contribution in [2.75, 3.05) is 47.5 Å². The molecule has 0 saturated heterocycles. The fourth-order valence-electron chi connectivity index (χ4n) is 8.06. The summed E-state index contributed by atoms with van der Waals surface area (Å²) in [5.74, 6) is -0.800. The summed E-state index contributed by atoms with van der Waals surface area (Å²) in [6.45, 7) is 4.31. The quantitative estimate of drug-likeness (QED) is 0.0211. The van der Waals surface area contributed by atoms with Gasteiger partial charge in [-0.25, -0.2) is 4.57 Å². The molecule has 0 amide bonds. The molecule has 0 aliphatic rings. The van der Waals surface area contributed by atoms with E-state index < -0.39 is 26.5 Å². The summed E-state index contributed by atoms with van der Waals surface area (Å²) in [4.78, 5) is 35.6. The molecule has 0 aliphatic carbocycles. The van der Waals surface area contributed by atoms with E-state index in [9.17, 15) is 19.0 Å². The molecule has 2 unspecified atom stereocenters. The summed E-state index contributed by atoms with van der Waals surface area (Å²) in [7, 11) is 1.48. The molecule has 0 saturated carbocycles. The molecule has 1 N–H and O–H groups in total. The maximum Gasteiger partial charge on any atom is 0.472 e. The van der Waals surface area contributed by atoms with Gasteiger partial charge in [0.2, 0.25) is 0 Å². The van der Waals surface area contributed by atoms with Gasteiger partial charge in [-0.1, -0.05) is 229 Å². The largest absolute Gasteiger partial charge is 0.472 e. The van der Waals surface area contributed by atoms with Crippen LogP contribution in [0.1, 0.15) is 258 Å². The van der Waals surface area contributed by atoms with Crippen molar-refractivity contribution in [1.82, 2.24) is 0 Å². The zero-order valence-corrected chi connectivity index (χ0v) is 47.1. The molecule has 0 aromatic heterocycles. The topological polar surface area (TPSA) is 108 Å². The van der Waals surface area contributed by atoms with Crippen LogP contribution >= 0.6 is 7.82 Å². The zero-order valence-electron chi connectivity index (χ0n) is 46.2. The molecule has 0 aromatic carbocycles. The Kier molecular flexibility index (Phi) is 49.9. The van der Waals surface area contributed by atoms with Crippen molar-refractivity contribution in [3.8, 4) is 0 Å². The molecule has 0 heterocycles. The van der Waals surface area contributed by atoms with Gasteiger partial charge in [0, 0.05) is 12.8 Å². The van der Waals surface area contributed by atoms with Crippen LogP contribution in [-0.2, 0) is 32.7 Å². The van der Waals surface area contributed by atoms with Gasteiger partial charge in [-0.3, -0.25) is 18.6 Å². The van der Waals surface area contributed by atoms with E-state index in [0.29, 0.717) is 17.4 Å². The highest BCUT2D eigenvalue weighted by Gasteiger charge is 2.27. The predicted octanol–water partition coefficient (Wildman–Crippen LogP) is 17.9. The second-order valence-corrected chi connectivity index (χ2v) is 22.1. The lowest BCUT2D eigenvalue weighted by Crippen LogP contribution is -2.37. The van der Waals surface area contributed by atoms with Crippen LogP contribution in [0, 0.1) is 0 Å². The molecule has 0 fully saturated rings. The number of carbonyl (C=O) groups is 2. The highest BCUT2D eigenvalue weighted by molar-refractivity contribution is 7.47. The average Bonchev–Trinajstić information content (AvgIpc) is 3.32. The first-order valence-electron chi connectivity index (χ1n) is 29.0. The monoisotopic (exact) mass is 1000 g/mol. The highest BCUT2D eigenvalue weighted by atomic mass is 31.2. The number of esters is 2. The predicted molar refractivity (Wildman–Crippen MR) is 298 cm³/mol. The van der Waals surface area contributed by atoms with E-state index in [1.807, 2.05) is 21.1 Å². The third-order valence-corrected chi connectivity index (χ3v) is 13.5. The number of allylic oxidation sites excluding steroid dienone is 10. The van der Waals surface area contributed by atoms with E-state index in [0.717, 1.165) is 77.0 Å². The summed E-state index contributed by atoms with van der Waals surface area (Å²) in [6, 6.07) is 0. The van der Waals surface area contributed by atoms with Gasteiger partial charge in [0.15, 0.2) is 6.10 Å². The molecule has 0 aliphatic heterocycles. The van der Waals surface area contributed by atoms with Crippen LogP contribution in [-0.4, -0.2) is 74.9 Å². The summed E-state index contributed by atoms with van der Waals surface area (Å²) in [6.07, 6.45) is 65.9. The van der Waals surface area contributed by atoms with Crippen LogP contribution in [0.3, 0.4) is 0 Å². The van der Waals surface area contributed by atoms with Crippen LogP contribution in [0.25, 0.3) is 0 Å². The molecule has 70 heavy (non-hydrogen) atoms. The van der Waals surface area contributed by atoms with E-state index in [-0.39, 0.29) is 32.0 Å². The standard InChI is InChI=1S/C60H110NO8P/c1-6-8-10-12-14-16-18-20-21-22-23-24-25-26-27-28-29-30-31-32-33-34-35-36-37-38-39-41-43-45-47-49-51-53-60(63)69-58(57-68-70(64,65)67-55-54-61(3,4)5)56-66-59(62)52-50-48-46-44-42-40-19-17-15-13-11-9-7-2/h8,10,14,16-17,19-21,23-24,58H,6-7,9,11-13,15,18,22,25-57H2,1-5H3/p+1/b10-8-,16-14-,19-17-,21-20-,24-23-. The summed E-state index contributed by atoms with van der Waals surface area (Å²) in [5, 5.41) is 0. The van der Waals surface area contributed by atoms with Crippen molar-refractivity contribution >= 4 is 19.8 Å². The van der Waals surface area contributed by atoms with Crippen LogP contribution in [0.5, 0.6) is 0 Å². The number of likely N-dealkylation sites (N-methyl/N-ethyl adjacent to an activating group) is 1. The van der Waals surface area contributed by atoms with Crippen LogP contribution < -0.4 is 0 Å². The SMILES string of the molecule is CC/C=C\C/C=C\C/C=C\C/C=C\CCCCCCCCCCCCCCCCCCCCCCC(=O)OC(COC(=O)CCCCCCC/C=C\CCCCCC)COP(=O)(O)OCC[N+](C)(C)C. The van der Waals surface area contributed by atoms with Crippen LogP contribution in [0.4, 0.5) is 0 Å². The van der Waals surface area contributed by atoms with Crippen LogP contribution in [0.2, 0.25) is 0 Å². The van der Waals surface area contributed by atoms with Crippen molar-refractivity contribution in [2.24, 2.45) is 0 Å². The van der Waals surface area contributed by atoms with Gasteiger partial charge in [-0.2, -0.15) is 0 Å². The highest BCUT2D eigenvalue weighted by Crippen LogP contribution is 2.43. The lowest BCUT2D eigenvalue weighted by Gasteiger charge is -2.24. The summed E-state index contributed by atoms with van der Waals surface area (Å²) < 4.78 is 34.5. The van der Waals surface area contributed by atoms with E-state index >= 15 is 0 Å². The Labute approximate surface area is 432 Å². The van der Waals surface area contributed by atoms with E-state index in [1.165, 1.54) is 148 Å². The van der Waals surface area contributed by atoms with E-state index in [4.69, 9.17) is 18.5 Å². The molecule has 10 heteroatoms. The molecule has 0 aromatic rings. The molecule has 0 spiro atoms. The van der Waals surface area contributed by atoms with Crippen molar-refractivity contribution < 1.29 is 42.1 Å². The summed E-state index contributed by atoms with van der Waals surface area (Å²) >= 11 is 0. The lowest BCUT2D eigenvalue weighted by atomic mass is 10.0. The number of quaternary nitrogens is 1. The first-order valence-corrected chi connectivity index (χ1v) is 30.5. The number of unbranched alkanes of at least 4 members (excludes halogenated alkanes) is 29. The third-order valence-electron chi connectivity index (χ3n) is 12.5. The number of rotatable bonds is 53. The Balaban J connectivity index is 4.00. The Hall–Kier alpha value is -2.29. The second kappa shape index (κ2) is 51.6. The van der Waals surface area contributed by atoms with Crippen molar-refractivity contribution in [3.05, 3.63) is 60.8 Å². The zero-order chi connectivity index (χ0) is 51.3. The van der Waals surface area contributed by atoms with E-state index in [1.54, 1.807) is 0 Å².